The van der Waals surface area contributed by atoms with E-state index in [0.717, 1.165) is 0 Å². The first-order chi connectivity index (χ1) is 7.00. The largest absolute Gasteiger partial charge is 0.491 e. The monoisotopic (exact) mass is 230 g/mol. The van der Waals surface area contributed by atoms with Crippen molar-refractivity contribution < 1.29 is 14.9 Å². The Morgan fingerprint density at radius 2 is 2.00 bits per heavy atom. The van der Waals surface area contributed by atoms with Crippen LogP contribution in [-0.2, 0) is 0 Å². The first kappa shape index (κ1) is 12.3. The highest BCUT2D eigenvalue weighted by atomic mass is 35.5. The Morgan fingerprint density at radius 1 is 1.33 bits per heavy atom. The van der Waals surface area contributed by atoms with Crippen molar-refractivity contribution in [3.8, 4) is 5.75 Å². The van der Waals surface area contributed by atoms with Gasteiger partial charge < -0.3 is 14.9 Å². The van der Waals surface area contributed by atoms with E-state index in [0.29, 0.717) is 16.3 Å². The number of aliphatic hydroxyl groups is 2. The summed E-state index contributed by atoms with van der Waals surface area (Å²) >= 11 is 5.81. The van der Waals surface area contributed by atoms with Gasteiger partial charge in [0.15, 0.2) is 0 Å². The van der Waals surface area contributed by atoms with Gasteiger partial charge in [0.1, 0.15) is 12.4 Å². The average Bonchev–Trinajstić information content (AvgIpc) is 2.15. The second kappa shape index (κ2) is 5.35. The van der Waals surface area contributed by atoms with Crippen LogP contribution in [0, 0.1) is 0 Å². The van der Waals surface area contributed by atoms with Crippen LogP contribution in [0.2, 0.25) is 5.02 Å². The van der Waals surface area contributed by atoms with Crippen molar-refractivity contribution in [2.45, 2.75) is 26.1 Å². The average molecular weight is 231 g/mol. The summed E-state index contributed by atoms with van der Waals surface area (Å²) < 4.78 is 5.35. The van der Waals surface area contributed by atoms with Crippen LogP contribution in [0.5, 0.6) is 5.75 Å². The first-order valence-corrected chi connectivity index (χ1v) is 5.17. The van der Waals surface area contributed by atoms with Gasteiger partial charge in [0.2, 0.25) is 0 Å². The maximum atomic E-state index is 9.49. The number of hydrogen-bond acceptors (Lipinski definition) is 3. The highest BCUT2D eigenvalue weighted by molar-refractivity contribution is 6.30. The first-order valence-electron chi connectivity index (χ1n) is 4.79. The van der Waals surface area contributed by atoms with Crippen molar-refractivity contribution in [3.05, 3.63) is 28.8 Å². The van der Waals surface area contributed by atoms with Crippen LogP contribution >= 0.6 is 11.6 Å². The SMILES string of the molecule is CC(O)COc1ccc(Cl)cc1[C@@H](C)O. The fourth-order valence-corrected chi connectivity index (χ4v) is 1.37. The molecule has 0 aliphatic heterocycles. The van der Waals surface area contributed by atoms with E-state index in [-0.39, 0.29) is 6.61 Å². The molecule has 3 nitrogen and oxygen atoms in total. The molecular formula is C11H15ClO3. The van der Waals surface area contributed by atoms with E-state index in [1.165, 1.54) is 0 Å². The molecule has 1 aromatic carbocycles. The van der Waals surface area contributed by atoms with Crippen LogP contribution < -0.4 is 4.74 Å². The molecule has 84 valence electrons. The molecule has 0 amide bonds. The minimum atomic E-state index is -0.646. The predicted octanol–water partition coefficient (Wildman–Crippen LogP) is 2.15. The van der Waals surface area contributed by atoms with Gasteiger partial charge in [-0.05, 0) is 32.0 Å². The van der Waals surface area contributed by atoms with E-state index in [1.807, 2.05) is 0 Å². The molecule has 0 aromatic heterocycles. The van der Waals surface area contributed by atoms with Gasteiger partial charge in [0.05, 0.1) is 12.2 Å². The molecular weight excluding hydrogens is 216 g/mol. The topological polar surface area (TPSA) is 49.7 Å². The molecule has 0 saturated carbocycles. The molecule has 1 aromatic rings. The summed E-state index contributed by atoms with van der Waals surface area (Å²) in [6.45, 7) is 3.47. The summed E-state index contributed by atoms with van der Waals surface area (Å²) in [6.07, 6.45) is -1.18. The lowest BCUT2D eigenvalue weighted by atomic mass is 10.1. The van der Waals surface area contributed by atoms with Gasteiger partial charge in [-0.1, -0.05) is 11.6 Å². The van der Waals surface area contributed by atoms with E-state index >= 15 is 0 Å². The lowest BCUT2D eigenvalue weighted by Crippen LogP contribution is -2.14. The van der Waals surface area contributed by atoms with Crippen molar-refractivity contribution in [3.63, 3.8) is 0 Å². The Hall–Kier alpha value is -0.770. The van der Waals surface area contributed by atoms with Crippen LogP contribution in [0.15, 0.2) is 18.2 Å². The second-order valence-corrected chi connectivity index (χ2v) is 3.95. The van der Waals surface area contributed by atoms with Crippen molar-refractivity contribution in [2.24, 2.45) is 0 Å². The van der Waals surface area contributed by atoms with Gasteiger partial charge in [-0.15, -0.1) is 0 Å². The summed E-state index contributed by atoms with van der Waals surface area (Å²) in [5, 5.41) is 19.1. The number of benzene rings is 1. The standard InChI is InChI=1S/C11H15ClO3/c1-7(13)6-15-11-4-3-9(12)5-10(11)8(2)14/h3-5,7-8,13-14H,6H2,1-2H3/t7?,8-/m1/s1. The Balaban J connectivity index is 2.86. The van der Waals surface area contributed by atoms with Gasteiger partial charge in [0.25, 0.3) is 0 Å². The third-order valence-electron chi connectivity index (χ3n) is 1.90. The quantitative estimate of drug-likeness (QED) is 0.834. The maximum Gasteiger partial charge on any atom is 0.125 e. The summed E-state index contributed by atoms with van der Waals surface area (Å²) in [7, 11) is 0. The number of rotatable bonds is 4. The fraction of sp³-hybridized carbons (Fsp3) is 0.455. The van der Waals surface area contributed by atoms with Crippen LogP contribution in [0.25, 0.3) is 0 Å². The summed E-state index contributed by atoms with van der Waals surface area (Å²) in [4.78, 5) is 0. The minimum absolute atomic E-state index is 0.196. The molecule has 1 rings (SSSR count). The molecule has 0 fully saturated rings. The number of ether oxygens (including phenoxy) is 1. The smallest absolute Gasteiger partial charge is 0.125 e. The van der Waals surface area contributed by atoms with Gasteiger partial charge in [-0.3, -0.25) is 0 Å². The molecule has 0 radical (unpaired) electrons. The van der Waals surface area contributed by atoms with E-state index in [1.54, 1.807) is 32.0 Å². The van der Waals surface area contributed by atoms with E-state index < -0.39 is 12.2 Å². The van der Waals surface area contributed by atoms with Gasteiger partial charge in [-0.25, -0.2) is 0 Å². The van der Waals surface area contributed by atoms with Gasteiger partial charge in [-0.2, -0.15) is 0 Å². The highest BCUT2D eigenvalue weighted by Crippen LogP contribution is 2.28. The minimum Gasteiger partial charge on any atom is -0.491 e. The third kappa shape index (κ3) is 3.70. The van der Waals surface area contributed by atoms with Crippen LogP contribution in [0.3, 0.4) is 0 Å². The van der Waals surface area contributed by atoms with Crippen molar-refractivity contribution >= 4 is 11.6 Å². The van der Waals surface area contributed by atoms with Crippen LogP contribution in [-0.4, -0.2) is 22.9 Å². The zero-order chi connectivity index (χ0) is 11.4. The molecule has 0 heterocycles. The molecule has 0 aliphatic rings. The molecule has 0 saturated heterocycles. The maximum absolute atomic E-state index is 9.49. The van der Waals surface area contributed by atoms with Crippen molar-refractivity contribution in [1.29, 1.82) is 0 Å². The lowest BCUT2D eigenvalue weighted by Gasteiger charge is -2.14. The molecule has 15 heavy (non-hydrogen) atoms. The van der Waals surface area contributed by atoms with Crippen molar-refractivity contribution in [2.75, 3.05) is 6.61 Å². The zero-order valence-electron chi connectivity index (χ0n) is 8.77. The Morgan fingerprint density at radius 3 is 2.53 bits per heavy atom. The molecule has 2 N–H and O–H groups in total. The van der Waals surface area contributed by atoms with Crippen LogP contribution in [0.1, 0.15) is 25.5 Å². The van der Waals surface area contributed by atoms with Crippen molar-refractivity contribution in [1.82, 2.24) is 0 Å². The molecule has 0 bridgehead atoms. The van der Waals surface area contributed by atoms with E-state index in [4.69, 9.17) is 21.4 Å². The second-order valence-electron chi connectivity index (χ2n) is 3.52. The summed E-state index contributed by atoms with van der Waals surface area (Å²) in [5.74, 6) is 0.551. The number of halogens is 1. The van der Waals surface area contributed by atoms with Gasteiger partial charge in [0, 0.05) is 10.6 Å². The fourth-order valence-electron chi connectivity index (χ4n) is 1.19. The van der Waals surface area contributed by atoms with Gasteiger partial charge >= 0.3 is 0 Å². The van der Waals surface area contributed by atoms with E-state index in [9.17, 15) is 5.11 Å². The molecule has 1 unspecified atom stereocenters. The Bertz CT molecular complexity index is 324. The molecule has 0 aliphatic carbocycles. The molecule has 0 spiro atoms. The zero-order valence-corrected chi connectivity index (χ0v) is 9.53. The third-order valence-corrected chi connectivity index (χ3v) is 2.14. The summed E-state index contributed by atoms with van der Waals surface area (Å²) in [6, 6.07) is 5.03. The Labute approximate surface area is 94.3 Å². The normalized spacial score (nSPS) is 14.7. The van der Waals surface area contributed by atoms with Crippen LogP contribution in [0.4, 0.5) is 0 Å². The molecule has 2 atom stereocenters. The predicted molar refractivity (Wildman–Crippen MR) is 59.3 cm³/mol. The highest BCUT2D eigenvalue weighted by Gasteiger charge is 2.10. The van der Waals surface area contributed by atoms with E-state index in [2.05, 4.69) is 0 Å². The lowest BCUT2D eigenvalue weighted by molar-refractivity contribution is 0.118. The number of aliphatic hydroxyl groups excluding tert-OH is 2. The molecule has 4 heteroatoms. The Kier molecular flexibility index (Phi) is 4.39. The summed E-state index contributed by atoms with van der Waals surface area (Å²) in [5.41, 5.74) is 0.628. The number of hydrogen-bond donors (Lipinski definition) is 2.